The predicted octanol–water partition coefficient (Wildman–Crippen LogP) is 2.84. The zero-order valence-corrected chi connectivity index (χ0v) is 9.38. The summed E-state index contributed by atoms with van der Waals surface area (Å²) in [4.78, 5) is 11.4. The summed E-state index contributed by atoms with van der Waals surface area (Å²) in [6.45, 7) is 0.465. The molecule has 0 bridgehead atoms. The van der Waals surface area contributed by atoms with Gasteiger partial charge in [0.1, 0.15) is 0 Å². The molecule has 14 heavy (non-hydrogen) atoms. The fourth-order valence-electron chi connectivity index (χ4n) is 1.31. The van der Waals surface area contributed by atoms with Gasteiger partial charge in [-0.1, -0.05) is 15.9 Å². The molecule has 0 heterocycles. The minimum atomic E-state index is 0.341. The quantitative estimate of drug-likeness (QED) is 0.895. The van der Waals surface area contributed by atoms with Crippen LogP contribution in [0.2, 0.25) is 0 Å². The number of anilines is 1. The number of hydrogen-bond acceptors (Lipinski definition) is 2. The van der Waals surface area contributed by atoms with Crippen molar-refractivity contribution in [2.45, 2.75) is 12.8 Å². The Bertz CT molecular complexity index is 330. The summed E-state index contributed by atoms with van der Waals surface area (Å²) >= 11 is 3.36. The van der Waals surface area contributed by atoms with Crippen molar-refractivity contribution in [2.24, 2.45) is 5.92 Å². The van der Waals surface area contributed by atoms with Crippen LogP contribution in [0.1, 0.15) is 12.8 Å². The van der Waals surface area contributed by atoms with Crippen molar-refractivity contribution in [2.75, 3.05) is 11.9 Å². The number of ketones is 1. The van der Waals surface area contributed by atoms with Crippen LogP contribution in [0.5, 0.6) is 0 Å². The molecule has 3 heteroatoms. The molecule has 0 radical (unpaired) electrons. The summed E-state index contributed by atoms with van der Waals surface area (Å²) in [6.07, 6.45) is 2.17. The van der Waals surface area contributed by atoms with Crippen molar-refractivity contribution in [1.29, 1.82) is 0 Å². The molecule has 2 rings (SSSR count). The van der Waals surface area contributed by atoms with E-state index in [0.29, 0.717) is 18.2 Å². The van der Waals surface area contributed by atoms with Gasteiger partial charge in [-0.05, 0) is 37.1 Å². The van der Waals surface area contributed by atoms with Crippen LogP contribution in [0.3, 0.4) is 0 Å². The summed E-state index contributed by atoms with van der Waals surface area (Å²) < 4.78 is 1.05. The zero-order chi connectivity index (χ0) is 9.97. The van der Waals surface area contributed by atoms with Crippen LogP contribution in [-0.2, 0) is 4.79 Å². The van der Waals surface area contributed by atoms with Gasteiger partial charge < -0.3 is 5.32 Å². The Labute approximate surface area is 91.8 Å². The number of rotatable bonds is 4. The van der Waals surface area contributed by atoms with Crippen LogP contribution >= 0.6 is 15.9 Å². The van der Waals surface area contributed by atoms with Gasteiger partial charge in [-0.2, -0.15) is 0 Å². The van der Waals surface area contributed by atoms with Crippen LogP contribution in [0, 0.1) is 5.92 Å². The molecule has 74 valence electrons. The lowest BCUT2D eigenvalue weighted by Gasteiger charge is -2.04. The normalized spacial score (nSPS) is 15.2. The van der Waals surface area contributed by atoms with E-state index in [1.807, 2.05) is 24.3 Å². The monoisotopic (exact) mass is 253 g/mol. The molecule has 1 aliphatic carbocycles. The van der Waals surface area contributed by atoms with Gasteiger partial charge in [-0.15, -0.1) is 0 Å². The average Bonchev–Trinajstić information content (AvgIpc) is 3.00. The van der Waals surface area contributed by atoms with Crippen molar-refractivity contribution in [3.8, 4) is 0 Å². The summed E-state index contributed by atoms with van der Waals surface area (Å²) in [5.74, 6) is 0.686. The molecule has 0 aliphatic heterocycles. The minimum Gasteiger partial charge on any atom is -0.378 e. The Morgan fingerprint density at radius 2 is 2.00 bits per heavy atom. The lowest BCUT2D eigenvalue weighted by molar-refractivity contribution is -0.118. The van der Waals surface area contributed by atoms with Crippen LogP contribution in [0.15, 0.2) is 28.7 Å². The highest BCUT2D eigenvalue weighted by Gasteiger charge is 2.28. The highest BCUT2D eigenvalue weighted by Crippen LogP contribution is 2.29. The van der Waals surface area contributed by atoms with E-state index in [1.165, 1.54) is 0 Å². The van der Waals surface area contributed by atoms with Crippen LogP contribution in [0.4, 0.5) is 5.69 Å². The maximum Gasteiger partial charge on any atom is 0.154 e. The fraction of sp³-hybridized carbons (Fsp3) is 0.364. The van der Waals surface area contributed by atoms with Crippen molar-refractivity contribution in [3.05, 3.63) is 28.7 Å². The second-order valence-electron chi connectivity index (χ2n) is 3.60. The number of carbonyl (C=O) groups is 1. The molecule has 0 spiro atoms. The van der Waals surface area contributed by atoms with Crippen LogP contribution in [-0.4, -0.2) is 12.3 Å². The third-order valence-corrected chi connectivity index (χ3v) is 2.87. The van der Waals surface area contributed by atoms with Gasteiger partial charge in [0, 0.05) is 16.1 Å². The minimum absolute atomic E-state index is 0.341. The van der Waals surface area contributed by atoms with Gasteiger partial charge in [-0.3, -0.25) is 4.79 Å². The summed E-state index contributed by atoms with van der Waals surface area (Å²) in [6, 6.07) is 7.85. The molecule has 1 N–H and O–H groups in total. The number of Topliss-reactive ketones (excluding diaryl/α,β-unsaturated/α-hetero) is 1. The Morgan fingerprint density at radius 1 is 1.36 bits per heavy atom. The Balaban J connectivity index is 1.85. The zero-order valence-electron chi connectivity index (χ0n) is 7.79. The number of benzene rings is 1. The first kappa shape index (κ1) is 9.71. The second kappa shape index (κ2) is 4.13. The molecule has 1 saturated carbocycles. The number of carbonyl (C=O) groups excluding carboxylic acids is 1. The molecule has 0 amide bonds. The molecular formula is C11H12BrNO. The number of halogens is 1. The third kappa shape index (κ3) is 2.58. The molecule has 1 aromatic carbocycles. The molecule has 0 atom stereocenters. The highest BCUT2D eigenvalue weighted by atomic mass is 79.9. The van der Waals surface area contributed by atoms with Gasteiger partial charge in [0.15, 0.2) is 5.78 Å². The van der Waals surface area contributed by atoms with Crippen molar-refractivity contribution >= 4 is 27.4 Å². The summed E-state index contributed by atoms with van der Waals surface area (Å²) in [5, 5.41) is 3.12. The summed E-state index contributed by atoms with van der Waals surface area (Å²) in [5.41, 5.74) is 1.00. The van der Waals surface area contributed by atoms with E-state index in [-0.39, 0.29) is 0 Å². The summed E-state index contributed by atoms with van der Waals surface area (Å²) in [7, 11) is 0. The molecule has 2 nitrogen and oxygen atoms in total. The molecule has 0 saturated heterocycles. The van der Waals surface area contributed by atoms with Gasteiger partial charge >= 0.3 is 0 Å². The highest BCUT2D eigenvalue weighted by molar-refractivity contribution is 9.10. The maximum atomic E-state index is 11.4. The first-order chi connectivity index (χ1) is 6.75. The first-order valence-corrected chi connectivity index (χ1v) is 5.57. The molecule has 0 unspecified atom stereocenters. The number of hydrogen-bond donors (Lipinski definition) is 1. The van der Waals surface area contributed by atoms with Crippen LogP contribution in [0.25, 0.3) is 0 Å². The topological polar surface area (TPSA) is 29.1 Å². The van der Waals surface area contributed by atoms with Crippen LogP contribution < -0.4 is 5.32 Å². The molecular weight excluding hydrogens is 242 g/mol. The SMILES string of the molecule is O=C(CNc1ccc(Br)cc1)C1CC1. The maximum absolute atomic E-state index is 11.4. The Morgan fingerprint density at radius 3 is 2.57 bits per heavy atom. The van der Waals surface area contributed by atoms with Gasteiger partial charge in [0.25, 0.3) is 0 Å². The van der Waals surface area contributed by atoms with E-state index in [1.54, 1.807) is 0 Å². The largest absolute Gasteiger partial charge is 0.378 e. The molecule has 1 aromatic rings. The van der Waals surface area contributed by atoms with Gasteiger partial charge in [0.2, 0.25) is 0 Å². The van der Waals surface area contributed by atoms with E-state index in [2.05, 4.69) is 21.2 Å². The average molecular weight is 254 g/mol. The molecule has 1 fully saturated rings. The van der Waals surface area contributed by atoms with Crippen molar-refractivity contribution < 1.29 is 4.79 Å². The number of nitrogens with one attached hydrogen (secondary N) is 1. The van der Waals surface area contributed by atoms with Crippen molar-refractivity contribution in [3.63, 3.8) is 0 Å². The predicted molar refractivity (Wildman–Crippen MR) is 60.4 cm³/mol. The lowest BCUT2D eigenvalue weighted by atomic mass is 10.2. The second-order valence-corrected chi connectivity index (χ2v) is 4.52. The lowest BCUT2D eigenvalue weighted by Crippen LogP contribution is -2.14. The Hall–Kier alpha value is -0.830. The first-order valence-electron chi connectivity index (χ1n) is 4.78. The van der Waals surface area contributed by atoms with E-state index in [4.69, 9.17) is 0 Å². The smallest absolute Gasteiger partial charge is 0.154 e. The van der Waals surface area contributed by atoms with Gasteiger partial charge in [-0.25, -0.2) is 0 Å². The van der Waals surface area contributed by atoms with E-state index in [0.717, 1.165) is 23.0 Å². The van der Waals surface area contributed by atoms with E-state index in [9.17, 15) is 4.79 Å². The standard InChI is InChI=1S/C11H12BrNO/c12-9-3-5-10(6-4-9)13-7-11(14)8-1-2-8/h3-6,8,13H,1-2,7H2. The van der Waals surface area contributed by atoms with Crippen molar-refractivity contribution in [1.82, 2.24) is 0 Å². The fourth-order valence-corrected chi connectivity index (χ4v) is 1.57. The van der Waals surface area contributed by atoms with E-state index < -0.39 is 0 Å². The van der Waals surface area contributed by atoms with Gasteiger partial charge in [0.05, 0.1) is 6.54 Å². The van der Waals surface area contributed by atoms with E-state index >= 15 is 0 Å². The third-order valence-electron chi connectivity index (χ3n) is 2.34. The molecule has 0 aromatic heterocycles. The molecule has 1 aliphatic rings. The Kier molecular flexibility index (Phi) is 2.87.